The lowest BCUT2D eigenvalue weighted by molar-refractivity contribution is -0.152. The highest BCUT2D eigenvalue weighted by molar-refractivity contribution is 6.30. The molecule has 0 saturated carbocycles. The smallest absolute Gasteiger partial charge is 0.335 e. The van der Waals surface area contributed by atoms with Gasteiger partial charge >= 0.3 is 5.97 Å². The summed E-state index contributed by atoms with van der Waals surface area (Å²) in [6.07, 6.45) is 0. The lowest BCUT2D eigenvalue weighted by atomic mass is 9.81. The second kappa shape index (κ2) is 6.22. The fraction of sp³-hybridized carbons (Fsp3) is 0.278. The van der Waals surface area contributed by atoms with Crippen LogP contribution in [0.4, 0.5) is 0 Å². The van der Waals surface area contributed by atoms with Gasteiger partial charge in [-0.2, -0.15) is 0 Å². The summed E-state index contributed by atoms with van der Waals surface area (Å²) in [6, 6.07) is 14.9. The summed E-state index contributed by atoms with van der Waals surface area (Å²) >= 11 is 6.21. The van der Waals surface area contributed by atoms with Gasteiger partial charge in [0.2, 0.25) is 0 Å². The van der Waals surface area contributed by atoms with Crippen LogP contribution in [0.3, 0.4) is 0 Å². The van der Waals surface area contributed by atoms with E-state index in [1.54, 1.807) is 18.2 Å². The predicted molar refractivity (Wildman–Crippen MR) is 88.8 cm³/mol. The zero-order chi connectivity index (χ0) is 16.4. The summed E-state index contributed by atoms with van der Waals surface area (Å²) in [5.41, 5.74) is 0.429. The first-order valence-corrected chi connectivity index (χ1v) is 7.76. The Balaban J connectivity index is 2.37. The molecule has 120 valence electrons. The van der Waals surface area contributed by atoms with E-state index in [1.807, 2.05) is 42.3 Å². The van der Waals surface area contributed by atoms with Crippen LogP contribution in [0.25, 0.3) is 0 Å². The molecule has 23 heavy (non-hydrogen) atoms. The summed E-state index contributed by atoms with van der Waals surface area (Å²) in [4.78, 5) is 14.9. The van der Waals surface area contributed by atoms with E-state index >= 15 is 0 Å². The number of ether oxygens (including phenoxy) is 2. The first-order chi connectivity index (χ1) is 11.1. The highest BCUT2D eigenvalue weighted by Gasteiger charge is 2.50. The molecule has 1 heterocycles. The lowest BCUT2D eigenvalue weighted by Gasteiger charge is -2.38. The van der Waals surface area contributed by atoms with Gasteiger partial charge in [-0.3, -0.25) is 4.90 Å². The zero-order valence-electron chi connectivity index (χ0n) is 13.1. The number of benzene rings is 2. The zero-order valence-corrected chi connectivity index (χ0v) is 13.8. The molecule has 0 fully saturated rings. The number of likely N-dealkylation sites (N-methyl/N-ethyl adjacent to an activating group) is 1. The molecule has 3 rings (SSSR count). The van der Waals surface area contributed by atoms with Gasteiger partial charge in [0.25, 0.3) is 0 Å². The minimum atomic E-state index is -1.09. The number of esters is 1. The largest absolute Gasteiger partial charge is 0.492 e. The van der Waals surface area contributed by atoms with Gasteiger partial charge in [0.1, 0.15) is 12.4 Å². The summed E-state index contributed by atoms with van der Waals surface area (Å²) in [5, 5.41) is 0.548. The molecule has 0 aromatic heterocycles. The monoisotopic (exact) mass is 331 g/mol. The average Bonchev–Trinajstić information content (AvgIpc) is 2.71. The average molecular weight is 332 g/mol. The third kappa shape index (κ3) is 2.48. The van der Waals surface area contributed by atoms with E-state index in [4.69, 9.17) is 21.1 Å². The molecule has 0 spiro atoms. The van der Waals surface area contributed by atoms with Crippen LogP contribution in [-0.2, 0) is 15.1 Å². The Morgan fingerprint density at radius 1 is 1.26 bits per heavy atom. The Bertz CT molecular complexity index is 719. The number of methoxy groups -OCH3 is 1. The van der Waals surface area contributed by atoms with E-state index < -0.39 is 5.54 Å². The van der Waals surface area contributed by atoms with Crippen molar-refractivity contribution in [2.24, 2.45) is 0 Å². The van der Waals surface area contributed by atoms with E-state index in [2.05, 4.69) is 0 Å². The molecule has 1 unspecified atom stereocenters. The molecular formula is C18H18ClNO3. The number of rotatable bonds is 2. The van der Waals surface area contributed by atoms with Crippen molar-refractivity contribution in [2.45, 2.75) is 5.54 Å². The lowest BCUT2D eigenvalue weighted by Crippen LogP contribution is -2.51. The molecule has 0 aliphatic carbocycles. The van der Waals surface area contributed by atoms with Crippen LogP contribution in [0.15, 0.2) is 48.5 Å². The van der Waals surface area contributed by atoms with E-state index in [9.17, 15) is 4.79 Å². The van der Waals surface area contributed by atoms with E-state index in [0.29, 0.717) is 29.5 Å². The fourth-order valence-corrected chi connectivity index (χ4v) is 3.34. The molecule has 5 heteroatoms. The van der Waals surface area contributed by atoms with Crippen LogP contribution in [0, 0.1) is 0 Å². The van der Waals surface area contributed by atoms with Crippen LogP contribution in [0.5, 0.6) is 5.75 Å². The second-order valence-corrected chi connectivity index (χ2v) is 5.91. The molecular weight excluding hydrogens is 314 g/mol. The third-order valence-electron chi connectivity index (χ3n) is 4.26. The molecule has 0 saturated heterocycles. The molecule has 0 amide bonds. The van der Waals surface area contributed by atoms with Crippen LogP contribution in [0.2, 0.25) is 5.02 Å². The van der Waals surface area contributed by atoms with Crippen molar-refractivity contribution in [3.8, 4) is 5.75 Å². The molecule has 1 aliphatic rings. The van der Waals surface area contributed by atoms with E-state index in [-0.39, 0.29) is 5.97 Å². The van der Waals surface area contributed by atoms with Crippen molar-refractivity contribution in [3.63, 3.8) is 0 Å². The highest BCUT2D eigenvalue weighted by atomic mass is 35.5. The van der Waals surface area contributed by atoms with E-state index in [0.717, 1.165) is 5.56 Å². The molecule has 0 radical (unpaired) electrons. The second-order valence-electron chi connectivity index (χ2n) is 5.48. The van der Waals surface area contributed by atoms with Gasteiger partial charge in [0, 0.05) is 17.1 Å². The summed E-state index contributed by atoms with van der Waals surface area (Å²) in [5.74, 6) is 0.285. The van der Waals surface area contributed by atoms with Gasteiger partial charge in [-0.25, -0.2) is 4.79 Å². The maximum Gasteiger partial charge on any atom is 0.335 e. The number of carbonyl (C=O) groups is 1. The number of fused-ring (bicyclic) bond motifs is 1. The molecule has 0 bridgehead atoms. The number of halogens is 1. The number of hydrogen-bond donors (Lipinski definition) is 0. The van der Waals surface area contributed by atoms with Gasteiger partial charge in [0.15, 0.2) is 5.54 Å². The molecule has 4 nitrogen and oxygen atoms in total. The highest BCUT2D eigenvalue weighted by Crippen LogP contribution is 2.43. The van der Waals surface area contributed by atoms with Crippen molar-refractivity contribution in [1.82, 2.24) is 4.90 Å². The van der Waals surface area contributed by atoms with Gasteiger partial charge in [-0.15, -0.1) is 0 Å². The van der Waals surface area contributed by atoms with E-state index in [1.165, 1.54) is 7.11 Å². The Hall–Kier alpha value is -2.04. The maximum absolute atomic E-state index is 13.0. The molecule has 2 aromatic rings. The Morgan fingerprint density at radius 2 is 2.00 bits per heavy atom. The van der Waals surface area contributed by atoms with Gasteiger partial charge in [-0.05, 0) is 30.8 Å². The van der Waals surface area contributed by atoms with Crippen molar-refractivity contribution >= 4 is 17.6 Å². The molecule has 0 N–H and O–H groups in total. The van der Waals surface area contributed by atoms with Crippen LogP contribution in [-0.4, -0.2) is 38.2 Å². The quantitative estimate of drug-likeness (QED) is 0.793. The van der Waals surface area contributed by atoms with Crippen LogP contribution >= 0.6 is 11.6 Å². The fourth-order valence-electron chi connectivity index (χ4n) is 3.16. The van der Waals surface area contributed by atoms with Gasteiger partial charge in [0.05, 0.1) is 7.11 Å². The third-order valence-corrected chi connectivity index (χ3v) is 4.50. The van der Waals surface area contributed by atoms with Crippen molar-refractivity contribution in [2.75, 3.05) is 27.3 Å². The predicted octanol–water partition coefficient (Wildman–Crippen LogP) is 3.08. The van der Waals surface area contributed by atoms with Crippen LogP contribution < -0.4 is 4.74 Å². The summed E-state index contributed by atoms with van der Waals surface area (Å²) in [7, 11) is 3.29. The van der Waals surface area contributed by atoms with Gasteiger partial charge < -0.3 is 9.47 Å². The molecule has 2 aromatic carbocycles. The van der Waals surface area contributed by atoms with Crippen molar-refractivity contribution in [1.29, 1.82) is 0 Å². The summed E-state index contributed by atoms with van der Waals surface area (Å²) in [6.45, 7) is 1.06. The van der Waals surface area contributed by atoms with Crippen LogP contribution in [0.1, 0.15) is 11.1 Å². The standard InChI is InChI=1S/C18H18ClNO3/c1-20-10-11-23-16-9-8-14(19)12-15(16)18(20,17(21)22-2)13-6-4-3-5-7-13/h3-9,12H,10-11H2,1-2H3. The minimum absolute atomic E-state index is 0.361. The minimum Gasteiger partial charge on any atom is -0.492 e. The topological polar surface area (TPSA) is 38.8 Å². The SMILES string of the molecule is COC(=O)C1(c2ccccc2)c2cc(Cl)ccc2OCCN1C. The molecule has 1 aliphatic heterocycles. The maximum atomic E-state index is 13.0. The number of hydrogen-bond acceptors (Lipinski definition) is 4. The van der Waals surface area contributed by atoms with Gasteiger partial charge in [-0.1, -0.05) is 41.9 Å². The first kappa shape index (κ1) is 15.8. The Kier molecular flexibility index (Phi) is 4.28. The summed E-state index contributed by atoms with van der Waals surface area (Å²) < 4.78 is 11.0. The Morgan fingerprint density at radius 3 is 2.70 bits per heavy atom. The van der Waals surface area contributed by atoms with Crippen molar-refractivity contribution in [3.05, 3.63) is 64.7 Å². The number of carbonyl (C=O) groups excluding carboxylic acids is 1. The number of nitrogens with zero attached hydrogens (tertiary/aromatic N) is 1. The molecule has 1 atom stereocenters. The Labute approximate surface area is 140 Å². The normalized spacial score (nSPS) is 21.0. The van der Waals surface area contributed by atoms with Crippen molar-refractivity contribution < 1.29 is 14.3 Å². The first-order valence-electron chi connectivity index (χ1n) is 7.38.